The highest BCUT2D eigenvalue weighted by Crippen LogP contribution is 2.23. The Balaban J connectivity index is 1.44. The van der Waals surface area contributed by atoms with Crippen molar-refractivity contribution in [3.05, 3.63) is 69.5 Å². The highest BCUT2D eigenvalue weighted by Gasteiger charge is 2.22. The van der Waals surface area contributed by atoms with Crippen LogP contribution in [0.4, 0.5) is 11.5 Å². The van der Waals surface area contributed by atoms with E-state index < -0.39 is 0 Å². The zero-order chi connectivity index (χ0) is 20.4. The second-order valence-electron chi connectivity index (χ2n) is 7.25. The minimum Gasteiger partial charge on any atom is -0.380 e. The lowest BCUT2D eigenvalue weighted by Gasteiger charge is -2.33. The van der Waals surface area contributed by atoms with Gasteiger partial charge in [-0.15, -0.1) is 0 Å². The number of nitrogens with zero attached hydrogens (tertiary/aromatic N) is 5. The fourth-order valence-electron chi connectivity index (χ4n) is 3.62. The Morgan fingerprint density at radius 3 is 2.52 bits per heavy atom. The van der Waals surface area contributed by atoms with Crippen molar-refractivity contribution in [3.63, 3.8) is 0 Å². The van der Waals surface area contributed by atoms with E-state index in [-0.39, 0.29) is 16.6 Å². The molecule has 1 aromatic carbocycles. The van der Waals surface area contributed by atoms with Crippen LogP contribution in [0.15, 0.2) is 47.4 Å². The molecule has 1 fully saturated rings. The molecule has 0 bridgehead atoms. The van der Waals surface area contributed by atoms with E-state index in [4.69, 9.17) is 11.6 Å². The molecule has 0 radical (unpaired) electrons. The lowest BCUT2D eigenvalue weighted by Crippen LogP contribution is -2.40. The quantitative estimate of drug-likeness (QED) is 0.710. The van der Waals surface area contributed by atoms with Crippen molar-refractivity contribution in [2.24, 2.45) is 0 Å². The molecule has 8 heteroatoms. The van der Waals surface area contributed by atoms with Crippen LogP contribution in [0, 0.1) is 13.8 Å². The first-order valence-corrected chi connectivity index (χ1v) is 10.1. The lowest BCUT2D eigenvalue weighted by molar-refractivity contribution is 0.522. The summed E-state index contributed by atoms with van der Waals surface area (Å²) in [4.78, 5) is 23.8. The molecule has 0 unspecified atom stereocenters. The molecule has 4 rings (SSSR count). The van der Waals surface area contributed by atoms with Gasteiger partial charge in [-0.2, -0.15) is 9.78 Å². The molecule has 0 saturated carbocycles. The van der Waals surface area contributed by atoms with E-state index in [2.05, 4.69) is 25.3 Å². The predicted octanol–water partition coefficient (Wildman–Crippen LogP) is 3.37. The summed E-state index contributed by atoms with van der Waals surface area (Å²) in [5.41, 5.74) is 1.92. The van der Waals surface area contributed by atoms with E-state index in [1.54, 1.807) is 6.20 Å². The van der Waals surface area contributed by atoms with Crippen LogP contribution in [0.3, 0.4) is 0 Å². The van der Waals surface area contributed by atoms with Gasteiger partial charge in [0.2, 0.25) is 0 Å². The fourth-order valence-corrected chi connectivity index (χ4v) is 3.80. The van der Waals surface area contributed by atoms with Gasteiger partial charge in [0.25, 0.3) is 5.56 Å². The third kappa shape index (κ3) is 4.24. The van der Waals surface area contributed by atoms with Gasteiger partial charge in [-0.1, -0.05) is 29.8 Å². The van der Waals surface area contributed by atoms with E-state index in [0.717, 1.165) is 43.3 Å². The average Bonchev–Trinajstić information content (AvgIpc) is 2.72. The molecule has 29 heavy (non-hydrogen) atoms. The molecule has 3 heterocycles. The molecule has 1 N–H and O–H groups in total. The molecule has 0 amide bonds. The standard InChI is InChI=1S/C21H23ClN6O/c1-14-12-19(25-15(2)24-14)27-10-8-16(9-11-27)26-18-13-23-28(21(29)20(18)22)17-6-4-3-5-7-17/h3-7,12-13,16,26H,8-11H2,1-2H3. The largest absolute Gasteiger partial charge is 0.380 e. The van der Waals surface area contributed by atoms with Gasteiger partial charge in [0.15, 0.2) is 0 Å². The maximum atomic E-state index is 12.6. The molecule has 0 spiro atoms. The third-order valence-corrected chi connectivity index (χ3v) is 5.42. The van der Waals surface area contributed by atoms with Crippen molar-refractivity contribution in [3.8, 4) is 5.69 Å². The Morgan fingerprint density at radius 2 is 1.83 bits per heavy atom. The van der Waals surface area contributed by atoms with Crippen LogP contribution in [0.1, 0.15) is 24.4 Å². The summed E-state index contributed by atoms with van der Waals surface area (Å²) in [6.07, 6.45) is 3.46. The highest BCUT2D eigenvalue weighted by atomic mass is 35.5. The van der Waals surface area contributed by atoms with Gasteiger partial charge in [-0.25, -0.2) is 9.97 Å². The topological polar surface area (TPSA) is 75.9 Å². The summed E-state index contributed by atoms with van der Waals surface area (Å²) >= 11 is 6.36. The summed E-state index contributed by atoms with van der Waals surface area (Å²) in [7, 11) is 0. The first kappa shape index (κ1) is 19.4. The number of anilines is 2. The lowest BCUT2D eigenvalue weighted by atomic mass is 10.0. The zero-order valence-corrected chi connectivity index (χ0v) is 17.2. The van der Waals surface area contributed by atoms with Crippen LogP contribution in [-0.4, -0.2) is 38.9 Å². The van der Waals surface area contributed by atoms with Gasteiger partial charge in [-0.05, 0) is 38.8 Å². The zero-order valence-electron chi connectivity index (χ0n) is 16.5. The monoisotopic (exact) mass is 410 g/mol. The third-order valence-electron chi connectivity index (χ3n) is 5.05. The summed E-state index contributed by atoms with van der Waals surface area (Å²) < 4.78 is 1.32. The summed E-state index contributed by atoms with van der Waals surface area (Å²) in [6, 6.07) is 11.5. The van der Waals surface area contributed by atoms with Crippen molar-refractivity contribution < 1.29 is 0 Å². The summed E-state index contributed by atoms with van der Waals surface area (Å²) in [5, 5.41) is 7.84. The fraction of sp³-hybridized carbons (Fsp3) is 0.333. The number of rotatable bonds is 4. The maximum absolute atomic E-state index is 12.6. The van der Waals surface area contributed by atoms with E-state index in [9.17, 15) is 4.79 Å². The van der Waals surface area contributed by atoms with E-state index in [1.165, 1.54) is 4.68 Å². The Bertz CT molecular complexity index is 1040. The SMILES string of the molecule is Cc1cc(N2CCC(Nc3cnn(-c4ccccc4)c(=O)c3Cl)CC2)nc(C)n1. The number of hydrogen-bond donors (Lipinski definition) is 1. The number of aromatic nitrogens is 4. The molecule has 7 nitrogen and oxygen atoms in total. The number of nitrogens with one attached hydrogen (secondary N) is 1. The van der Waals surface area contributed by atoms with Crippen LogP contribution in [0.25, 0.3) is 5.69 Å². The van der Waals surface area contributed by atoms with E-state index >= 15 is 0 Å². The van der Waals surface area contributed by atoms with Gasteiger partial charge in [0.1, 0.15) is 16.7 Å². The van der Waals surface area contributed by atoms with Crippen molar-refractivity contribution in [2.75, 3.05) is 23.3 Å². The normalized spacial score (nSPS) is 14.8. The first-order valence-electron chi connectivity index (χ1n) is 9.68. The Kier molecular flexibility index (Phi) is 5.49. The van der Waals surface area contributed by atoms with Crippen molar-refractivity contribution in [1.29, 1.82) is 0 Å². The number of benzene rings is 1. The van der Waals surface area contributed by atoms with Gasteiger partial charge in [0, 0.05) is 30.9 Å². The second kappa shape index (κ2) is 8.21. The average molecular weight is 411 g/mol. The van der Waals surface area contributed by atoms with Crippen LogP contribution in [-0.2, 0) is 0 Å². The highest BCUT2D eigenvalue weighted by molar-refractivity contribution is 6.33. The van der Waals surface area contributed by atoms with Crippen molar-refractivity contribution in [2.45, 2.75) is 32.7 Å². The van der Waals surface area contributed by atoms with Crippen LogP contribution in [0.5, 0.6) is 0 Å². The molecule has 0 atom stereocenters. The van der Waals surface area contributed by atoms with Crippen molar-refractivity contribution >= 4 is 23.1 Å². The Hall–Kier alpha value is -2.93. The minimum absolute atomic E-state index is 0.160. The molecule has 1 aliphatic rings. The molecular formula is C21H23ClN6O. The number of halogens is 1. The van der Waals surface area contributed by atoms with Crippen LogP contribution < -0.4 is 15.8 Å². The molecular weight excluding hydrogens is 388 g/mol. The van der Waals surface area contributed by atoms with Gasteiger partial charge in [-0.3, -0.25) is 4.79 Å². The number of para-hydroxylation sites is 1. The summed E-state index contributed by atoms with van der Waals surface area (Å²) in [5.74, 6) is 1.76. The Morgan fingerprint density at radius 1 is 1.10 bits per heavy atom. The molecule has 3 aromatic rings. The number of aryl methyl sites for hydroxylation is 2. The first-order chi connectivity index (χ1) is 14.0. The van der Waals surface area contributed by atoms with Crippen molar-refractivity contribution in [1.82, 2.24) is 19.7 Å². The van der Waals surface area contributed by atoms with E-state index in [1.807, 2.05) is 50.2 Å². The predicted molar refractivity (Wildman–Crippen MR) is 115 cm³/mol. The second-order valence-corrected chi connectivity index (χ2v) is 7.62. The number of hydrogen-bond acceptors (Lipinski definition) is 6. The molecule has 150 valence electrons. The molecule has 1 saturated heterocycles. The maximum Gasteiger partial charge on any atom is 0.292 e. The van der Waals surface area contributed by atoms with Crippen LogP contribution in [0.2, 0.25) is 5.02 Å². The smallest absolute Gasteiger partial charge is 0.292 e. The molecule has 2 aromatic heterocycles. The Labute approximate surface area is 174 Å². The van der Waals surface area contributed by atoms with Gasteiger partial charge >= 0.3 is 0 Å². The van der Waals surface area contributed by atoms with Crippen LogP contribution >= 0.6 is 11.6 Å². The summed E-state index contributed by atoms with van der Waals surface area (Å²) in [6.45, 7) is 5.65. The molecule has 0 aliphatic carbocycles. The minimum atomic E-state index is -0.327. The van der Waals surface area contributed by atoms with Gasteiger partial charge < -0.3 is 10.2 Å². The molecule has 1 aliphatic heterocycles. The van der Waals surface area contributed by atoms with Gasteiger partial charge in [0.05, 0.1) is 17.6 Å². The number of piperidine rings is 1. The van der Waals surface area contributed by atoms with E-state index in [0.29, 0.717) is 11.4 Å².